The molecular weight excluding hydrogens is 616 g/mol. The Kier molecular flexibility index (Phi) is 9.57. The first-order chi connectivity index (χ1) is 23.6. The molecule has 2 amide bonds. The van der Waals surface area contributed by atoms with Crippen molar-refractivity contribution in [2.45, 2.75) is 32.8 Å². The number of ether oxygens (including phenoxy) is 2. The number of amides is 2. The molecular formula is C39H38N6O4. The Labute approximate surface area is 285 Å². The van der Waals surface area contributed by atoms with Crippen LogP contribution in [0, 0.1) is 0 Å². The summed E-state index contributed by atoms with van der Waals surface area (Å²) in [6.45, 7) is 5.90. The third-order valence-electron chi connectivity index (χ3n) is 7.66. The number of rotatable bonds is 10. The Balaban J connectivity index is 1.08. The summed E-state index contributed by atoms with van der Waals surface area (Å²) < 4.78 is 12.4. The van der Waals surface area contributed by atoms with E-state index in [1.54, 1.807) is 30.0 Å². The fourth-order valence-electron chi connectivity index (χ4n) is 5.21. The maximum atomic E-state index is 12.9. The second-order valence-electron chi connectivity index (χ2n) is 12.5. The smallest absolute Gasteiger partial charge is 0.407 e. The average molecular weight is 655 g/mol. The molecule has 10 heteroatoms. The normalized spacial score (nSPS) is 11.2. The highest BCUT2D eigenvalue weighted by atomic mass is 16.6. The van der Waals surface area contributed by atoms with Gasteiger partial charge in [0, 0.05) is 29.0 Å². The van der Waals surface area contributed by atoms with E-state index in [9.17, 15) is 9.59 Å². The third kappa shape index (κ3) is 8.41. The van der Waals surface area contributed by atoms with Crippen LogP contribution in [-0.2, 0) is 11.2 Å². The van der Waals surface area contributed by atoms with E-state index in [1.165, 1.54) is 0 Å². The number of carbonyl (C=O) groups excluding carboxylic acids is 2. The van der Waals surface area contributed by atoms with Gasteiger partial charge in [-0.3, -0.25) is 4.79 Å². The van der Waals surface area contributed by atoms with Crippen molar-refractivity contribution in [2.75, 3.05) is 24.3 Å². The summed E-state index contributed by atoms with van der Waals surface area (Å²) in [5.74, 6) is 1.16. The van der Waals surface area contributed by atoms with Gasteiger partial charge >= 0.3 is 6.09 Å². The van der Waals surface area contributed by atoms with E-state index in [4.69, 9.17) is 14.5 Å². The zero-order valence-electron chi connectivity index (χ0n) is 27.9. The Morgan fingerprint density at radius 3 is 2.22 bits per heavy atom. The molecule has 49 heavy (non-hydrogen) atoms. The number of hydrogen-bond acceptors (Lipinski definition) is 7. The van der Waals surface area contributed by atoms with E-state index in [-0.39, 0.29) is 5.91 Å². The molecule has 248 valence electrons. The van der Waals surface area contributed by atoms with E-state index >= 15 is 0 Å². The van der Waals surface area contributed by atoms with Gasteiger partial charge in [0.1, 0.15) is 11.4 Å². The van der Waals surface area contributed by atoms with Crippen molar-refractivity contribution in [3.05, 3.63) is 127 Å². The summed E-state index contributed by atoms with van der Waals surface area (Å²) in [5, 5.41) is 13.5. The van der Waals surface area contributed by atoms with Gasteiger partial charge in [0.05, 0.1) is 24.5 Å². The van der Waals surface area contributed by atoms with Gasteiger partial charge in [0.2, 0.25) is 5.95 Å². The van der Waals surface area contributed by atoms with Crippen LogP contribution < -0.4 is 20.7 Å². The van der Waals surface area contributed by atoms with Crippen molar-refractivity contribution in [1.29, 1.82) is 0 Å². The number of methoxy groups -OCH3 is 1. The fourth-order valence-corrected chi connectivity index (χ4v) is 5.21. The molecule has 0 spiro atoms. The van der Waals surface area contributed by atoms with E-state index in [0.717, 1.165) is 44.9 Å². The third-order valence-corrected chi connectivity index (χ3v) is 7.66. The second-order valence-corrected chi connectivity index (χ2v) is 12.5. The highest BCUT2D eigenvalue weighted by molar-refractivity contribution is 6.04. The molecule has 0 aliphatic heterocycles. The largest absolute Gasteiger partial charge is 0.497 e. The minimum absolute atomic E-state index is 0.218. The highest BCUT2D eigenvalue weighted by Crippen LogP contribution is 2.29. The van der Waals surface area contributed by atoms with Gasteiger partial charge in [-0.1, -0.05) is 48.5 Å². The van der Waals surface area contributed by atoms with Gasteiger partial charge in [-0.15, -0.1) is 0 Å². The van der Waals surface area contributed by atoms with Crippen molar-refractivity contribution < 1.29 is 19.1 Å². The number of anilines is 3. The monoisotopic (exact) mass is 654 g/mol. The lowest BCUT2D eigenvalue weighted by Crippen LogP contribution is -2.33. The molecule has 0 fully saturated rings. The van der Waals surface area contributed by atoms with Gasteiger partial charge < -0.3 is 25.4 Å². The van der Waals surface area contributed by atoms with Crippen LogP contribution in [-0.4, -0.2) is 45.9 Å². The van der Waals surface area contributed by atoms with Crippen molar-refractivity contribution >= 4 is 34.8 Å². The molecule has 0 aliphatic rings. The summed E-state index contributed by atoms with van der Waals surface area (Å²) >= 11 is 0. The Bertz CT molecular complexity index is 2070. The van der Waals surface area contributed by atoms with Crippen molar-refractivity contribution in [2.24, 2.45) is 0 Å². The van der Waals surface area contributed by atoms with Gasteiger partial charge in [0.25, 0.3) is 5.91 Å². The number of nitrogens with one attached hydrogen (secondary N) is 3. The fraction of sp³-hybridized carbons (Fsp3) is 0.179. The van der Waals surface area contributed by atoms with Crippen LogP contribution in [0.3, 0.4) is 0 Å². The molecule has 6 rings (SSSR count). The summed E-state index contributed by atoms with van der Waals surface area (Å²) in [6.07, 6.45) is 1.91. The molecule has 0 unspecified atom stereocenters. The predicted octanol–water partition coefficient (Wildman–Crippen LogP) is 8.14. The minimum Gasteiger partial charge on any atom is -0.497 e. The maximum absolute atomic E-state index is 12.9. The molecule has 2 heterocycles. The Morgan fingerprint density at radius 2 is 1.51 bits per heavy atom. The van der Waals surface area contributed by atoms with E-state index in [1.807, 2.05) is 87.5 Å². The van der Waals surface area contributed by atoms with Gasteiger partial charge in [-0.25, -0.2) is 14.3 Å². The number of alkyl carbamates (subject to hydrolysis) is 1. The molecule has 2 aromatic heterocycles. The van der Waals surface area contributed by atoms with E-state index in [0.29, 0.717) is 30.2 Å². The number of fused-ring (bicyclic) bond motifs is 1. The molecule has 0 atom stereocenters. The van der Waals surface area contributed by atoms with Crippen LogP contribution in [0.2, 0.25) is 0 Å². The van der Waals surface area contributed by atoms with Crippen molar-refractivity contribution in [1.82, 2.24) is 19.9 Å². The van der Waals surface area contributed by atoms with Crippen LogP contribution in [0.5, 0.6) is 5.75 Å². The van der Waals surface area contributed by atoms with Gasteiger partial charge in [-0.2, -0.15) is 5.10 Å². The first-order valence-corrected chi connectivity index (χ1v) is 16.0. The number of benzene rings is 4. The SMILES string of the molecule is COc1cccc(-c2ccc(-c3cc4ccnn4c(Nc4ccc(NC(=O)c5ccc(CCNC(=O)OC(C)(C)C)cc5)cc4)n3)cc2)c1. The van der Waals surface area contributed by atoms with E-state index in [2.05, 4.69) is 51.4 Å². The first-order valence-electron chi connectivity index (χ1n) is 16.0. The molecule has 0 saturated heterocycles. The number of carbonyl (C=O) groups is 2. The lowest BCUT2D eigenvalue weighted by atomic mass is 10.0. The zero-order chi connectivity index (χ0) is 34.4. The molecule has 0 radical (unpaired) electrons. The standard InChI is InChI=1S/C39H38N6O4/c1-39(2,3)49-38(47)40-22-20-26-8-10-29(11-9-26)36(46)42-31-16-18-32(19-17-31)43-37-44-35(25-33-21-23-41-45(33)37)28-14-12-27(13-15-28)30-6-5-7-34(24-30)48-4/h5-19,21,23-25H,20,22H2,1-4H3,(H,40,47)(H,42,46)(H,43,44). The quantitative estimate of drug-likeness (QED) is 0.136. The van der Waals surface area contributed by atoms with Crippen LogP contribution in [0.15, 0.2) is 115 Å². The maximum Gasteiger partial charge on any atom is 0.407 e. The van der Waals surface area contributed by atoms with Crippen LogP contribution in [0.1, 0.15) is 36.7 Å². The molecule has 4 aromatic carbocycles. The lowest BCUT2D eigenvalue weighted by Gasteiger charge is -2.19. The average Bonchev–Trinajstić information content (AvgIpc) is 3.58. The van der Waals surface area contributed by atoms with Gasteiger partial charge in [0.15, 0.2) is 0 Å². The van der Waals surface area contributed by atoms with Crippen LogP contribution >= 0.6 is 0 Å². The first kappa shape index (κ1) is 32.8. The van der Waals surface area contributed by atoms with Crippen molar-refractivity contribution in [3.63, 3.8) is 0 Å². The predicted molar refractivity (Wildman–Crippen MR) is 192 cm³/mol. The van der Waals surface area contributed by atoms with Gasteiger partial charge in [-0.05, 0) is 105 Å². The summed E-state index contributed by atoms with van der Waals surface area (Å²) in [7, 11) is 1.67. The molecule has 0 saturated carbocycles. The highest BCUT2D eigenvalue weighted by Gasteiger charge is 2.16. The summed E-state index contributed by atoms with van der Waals surface area (Å²) in [6, 6.07) is 34.9. The Hall–Kier alpha value is -6.16. The summed E-state index contributed by atoms with van der Waals surface area (Å²) in [5.41, 5.74) is 7.27. The van der Waals surface area contributed by atoms with Crippen LogP contribution in [0.4, 0.5) is 22.1 Å². The molecule has 10 nitrogen and oxygen atoms in total. The molecule has 0 bridgehead atoms. The molecule has 0 aliphatic carbocycles. The Morgan fingerprint density at radius 1 is 0.796 bits per heavy atom. The minimum atomic E-state index is -0.542. The van der Waals surface area contributed by atoms with Crippen molar-refractivity contribution in [3.8, 4) is 28.1 Å². The molecule has 3 N–H and O–H groups in total. The van der Waals surface area contributed by atoms with Crippen LogP contribution in [0.25, 0.3) is 27.9 Å². The van der Waals surface area contributed by atoms with E-state index < -0.39 is 11.7 Å². The number of nitrogens with zero attached hydrogens (tertiary/aromatic N) is 3. The number of aromatic nitrogens is 3. The second kappa shape index (κ2) is 14.3. The topological polar surface area (TPSA) is 119 Å². The molecule has 6 aromatic rings. The lowest BCUT2D eigenvalue weighted by molar-refractivity contribution is 0.0528. The number of hydrogen-bond donors (Lipinski definition) is 3. The zero-order valence-corrected chi connectivity index (χ0v) is 27.9. The summed E-state index contributed by atoms with van der Waals surface area (Å²) in [4.78, 5) is 29.7.